The molecule has 4 aromatic carbocycles. The van der Waals surface area contributed by atoms with Crippen LogP contribution >= 0.6 is 0 Å². The zero-order valence-electron chi connectivity index (χ0n) is 18.6. The third-order valence-corrected chi connectivity index (χ3v) is 6.68. The Morgan fingerprint density at radius 3 is 2.00 bits per heavy atom. The number of aromatic hydroxyl groups is 4. The van der Waals surface area contributed by atoms with Crippen LogP contribution in [0.25, 0.3) is 22.3 Å². The van der Waals surface area contributed by atoms with Gasteiger partial charge in [-0.1, -0.05) is 56.3 Å². The molecule has 0 spiro atoms. The molecule has 166 valence electrons. The van der Waals surface area contributed by atoms with Crippen LogP contribution < -0.4 is 5.32 Å². The summed E-state index contributed by atoms with van der Waals surface area (Å²) in [7, 11) is 0. The van der Waals surface area contributed by atoms with Gasteiger partial charge in [-0.05, 0) is 59.0 Å². The third kappa shape index (κ3) is 3.08. The standard InChI is InChI=1S/C28H25NO4/c1-15-24(30)23(26(32)27(33)25(15)31)16-8-10-17(11-9-16)29-18-12-13-20-19-6-4-5-7-21(19)28(2,3)22(20)14-18/h4-14,29-33H,1-3H3. The minimum atomic E-state index is -0.649. The molecule has 0 aliphatic heterocycles. The highest BCUT2D eigenvalue weighted by Crippen LogP contribution is 2.51. The monoisotopic (exact) mass is 439 g/mol. The number of nitrogens with one attached hydrogen (secondary N) is 1. The van der Waals surface area contributed by atoms with Gasteiger partial charge in [0.15, 0.2) is 11.5 Å². The van der Waals surface area contributed by atoms with Gasteiger partial charge < -0.3 is 25.7 Å². The van der Waals surface area contributed by atoms with Crippen molar-refractivity contribution in [3.05, 3.63) is 83.4 Å². The van der Waals surface area contributed by atoms with E-state index in [0.29, 0.717) is 5.56 Å². The number of phenols is 4. The van der Waals surface area contributed by atoms with E-state index in [1.165, 1.54) is 29.2 Å². The van der Waals surface area contributed by atoms with E-state index in [2.05, 4.69) is 61.6 Å². The molecule has 5 rings (SSSR count). The highest BCUT2D eigenvalue weighted by Gasteiger charge is 2.35. The summed E-state index contributed by atoms with van der Waals surface area (Å²) in [4.78, 5) is 0. The molecule has 0 saturated heterocycles. The first kappa shape index (κ1) is 20.8. The number of hydrogen-bond acceptors (Lipinski definition) is 5. The van der Waals surface area contributed by atoms with Crippen molar-refractivity contribution in [2.24, 2.45) is 0 Å². The van der Waals surface area contributed by atoms with E-state index < -0.39 is 17.2 Å². The molecular weight excluding hydrogens is 414 g/mol. The van der Waals surface area contributed by atoms with Gasteiger partial charge in [-0.25, -0.2) is 0 Å². The third-order valence-electron chi connectivity index (χ3n) is 6.68. The Balaban J connectivity index is 1.46. The van der Waals surface area contributed by atoms with Crippen LogP contribution in [0.2, 0.25) is 0 Å². The Morgan fingerprint density at radius 2 is 1.27 bits per heavy atom. The van der Waals surface area contributed by atoms with Gasteiger partial charge in [0.1, 0.15) is 5.75 Å². The average molecular weight is 440 g/mol. The highest BCUT2D eigenvalue weighted by molar-refractivity contribution is 5.85. The molecule has 0 saturated carbocycles. The summed E-state index contributed by atoms with van der Waals surface area (Å²) in [6.45, 7) is 5.95. The number of hydrogen-bond donors (Lipinski definition) is 5. The molecule has 1 aliphatic rings. The number of phenolic OH excluding ortho intramolecular Hbond substituents is 4. The van der Waals surface area contributed by atoms with Crippen molar-refractivity contribution < 1.29 is 20.4 Å². The van der Waals surface area contributed by atoms with E-state index in [1.807, 2.05) is 12.1 Å². The molecule has 4 aromatic rings. The fourth-order valence-corrected chi connectivity index (χ4v) is 4.76. The summed E-state index contributed by atoms with van der Waals surface area (Å²) in [5, 5.41) is 43.9. The maximum Gasteiger partial charge on any atom is 0.201 e. The van der Waals surface area contributed by atoms with Gasteiger partial charge in [0.2, 0.25) is 5.75 Å². The van der Waals surface area contributed by atoms with E-state index >= 15 is 0 Å². The average Bonchev–Trinajstić information content (AvgIpc) is 3.04. The largest absolute Gasteiger partial charge is 0.507 e. The van der Waals surface area contributed by atoms with Gasteiger partial charge in [0.05, 0.1) is 5.56 Å². The van der Waals surface area contributed by atoms with Gasteiger partial charge in [-0.2, -0.15) is 0 Å². The lowest BCUT2D eigenvalue weighted by molar-refractivity contribution is 0.360. The maximum absolute atomic E-state index is 10.4. The summed E-state index contributed by atoms with van der Waals surface area (Å²) in [6.07, 6.45) is 0. The second kappa shape index (κ2) is 7.20. The number of anilines is 2. The summed E-state index contributed by atoms with van der Waals surface area (Å²) in [6, 6.07) is 22.0. The van der Waals surface area contributed by atoms with Crippen molar-refractivity contribution in [1.29, 1.82) is 0 Å². The van der Waals surface area contributed by atoms with Crippen LogP contribution in [0.4, 0.5) is 11.4 Å². The smallest absolute Gasteiger partial charge is 0.201 e. The van der Waals surface area contributed by atoms with Crippen molar-refractivity contribution in [3.8, 4) is 45.3 Å². The Hall–Kier alpha value is -4.12. The second-order valence-corrected chi connectivity index (χ2v) is 9.03. The maximum atomic E-state index is 10.4. The quantitative estimate of drug-likeness (QED) is 0.185. The molecule has 5 nitrogen and oxygen atoms in total. The van der Waals surface area contributed by atoms with E-state index in [0.717, 1.165) is 11.4 Å². The summed E-state index contributed by atoms with van der Waals surface area (Å²) in [5.41, 5.74) is 7.54. The lowest BCUT2D eigenvalue weighted by atomic mass is 9.82. The van der Waals surface area contributed by atoms with Crippen molar-refractivity contribution >= 4 is 11.4 Å². The zero-order valence-corrected chi connectivity index (χ0v) is 18.6. The SMILES string of the molecule is Cc1c(O)c(O)c(O)c(-c2ccc(Nc3ccc4c(c3)C(C)(C)c3ccccc3-4)cc2)c1O. The van der Waals surface area contributed by atoms with Crippen LogP contribution in [0.3, 0.4) is 0 Å². The number of benzene rings is 4. The Morgan fingerprint density at radius 1 is 0.636 bits per heavy atom. The molecule has 0 amide bonds. The first-order valence-corrected chi connectivity index (χ1v) is 10.8. The van der Waals surface area contributed by atoms with Crippen LogP contribution in [-0.2, 0) is 5.41 Å². The number of rotatable bonds is 3. The van der Waals surface area contributed by atoms with Crippen LogP contribution in [0.1, 0.15) is 30.5 Å². The summed E-state index contributed by atoms with van der Waals surface area (Å²) in [5.74, 6) is -2.02. The molecule has 0 atom stereocenters. The zero-order chi connectivity index (χ0) is 23.5. The molecule has 5 heteroatoms. The van der Waals surface area contributed by atoms with Gasteiger partial charge in [-0.15, -0.1) is 0 Å². The van der Waals surface area contributed by atoms with Gasteiger partial charge in [0, 0.05) is 22.4 Å². The Bertz CT molecular complexity index is 1380. The molecule has 0 aromatic heterocycles. The van der Waals surface area contributed by atoms with Crippen molar-refractivity contribution in [2.75, 3.05) is 5.32 Å². The molecule has 33 heavy (non-hydrogen) atoms. The lowest BCUT2D eigenvalue weighted by Gasteiger charge is -2.22. The van der Waals surface area contributed by atoms with Crippen molar-refractivity contribution in [3.63, 3.8) is 0 Å². The molecular formula is C28H25NO4. The van der Waals surface area contributed by atoms with Crippen LogP contribution in [0, 0.1) is 6.92 Å². The molecule has 1 aliphatic carbocycles. The van der Waals surface area contributed by atoms with E-state index in [-0.39, 0.29) is 22.3 Å². The van der Waals surface area contributed by atoms with E-state index in [9.17, 15) is 20.4 Å². The topological polar surface area (TPSA) is 93.0 Å². The van der Waals surface area contributed by atoms with E-state index in [4.69, 9.17) is 0 Å². The summed E-state index contributed by atoms with van der Waals surface area (Å²) >= 11 is 0. The normalized spacial score (nSPS) is 13.4. The van der Waals surface area contributed by atoms with Gasteiger partial charge >= 0.3 is 0 Å². The summed E-state index contributed by atoms with van der Waals surface area (Å²) < 4.78 is 0. The first-order chi connectivity index (χ1) is 15.7. The van der Waals surface area contributed by atoms with Crippen LogP contribution in [0.15, 0.2) is 66.7 Å². The van der Waals surface area contributed by atoms with Gasteiger partial charge in [-0.3, -0.25) is 0 Å². The first-order valence-electron chi connectivity index (χ1n) is 10.8. The minimum absolute atomic E-state index is 0.0754. The minimum Gasteiger partial charge on any atom is -0.507 e. The van der Waals surface area contributed by atoms with Crippen molar-refractivity contribution in [1.82, 2.24) is 0 Å². The van der Waals surface area contributed by atoms with Crippen LogP contribution in [0.5, 0.6) is 23.0 Å². The molecule has 0 unspecified atom stereocenters. The van der Waals surface area contributed by atoms with Crippen molar-refractivity contribution in [2.45, 2.75) is 26.2 Å². The lowest BCUT2D eigenvalue weighted by Crippen LogP contribution is -2.15. The molecule has 0 radical (unpaired) electrons. The molecule has 0 bridgehead atoms. The number of fused-ring (bicyclic) bond motifs is 3. The van der Waals surface area contributed by atoms with E-state index in [1.54, 1.807) is 12.1 Å². The fraction of sp³-hybridized carbons (Fsp3) is 0.143. The fourth-order valence-electron chi connectivity index (χ4n) is 4.76. The second-order valence-electron chi connectivity index (χ2n) is 9.03. The van der Waals surface area contributed by atoms with Crippen LogP contribution in [-0.4, -0.2) is 20.4 Å². The predicted molar refractivity (Wildman–Crippen MR) is 131 cm³/mol. The Kier molecular flexibility index (Phi) is 4.53. The van der Waals surface area contributed by atoms with Gasteiger partial charge in [0.25, 0.3) is 0 Å². The Labute approximate surface area is 192 Å². The molecule has 0 fully saturated rings. The highest BCUT2D eigenvalue weighted by atomic mass is 16.3. The predicted octanol–water partition coefficient (Wildman–Crippen LogP) is 6.53. The molecule has 0 heterocycles. The molecule has 5 N–H and O–H groups in total.